The zero-order chi connectivity index (χ0) is 18.9. The number of hydrogen-bond acceptors (Lipinski definition) is 8. The molecule has 0 unspecified atom stereocenters. The summed E-state index contributed by atoms with van der Waals surface area (Å²) < 4.78 is 6.44. The van der Waals surface area contributed by atoms with Crippen LogP contribution in [0.15, 0.2) is 24.7 Å². The number of morpholine rings is 1. The number of fused-ring (bicyclic) bond motifs is 1. The molecule has 0 amide bonds. The maximum absolute atomic E-state index is 9.52. The minimum absolute atomic E-state index is 0.509. The molecular formula is C20H20N6OS. The van der Waals surface area contributed by atoms with Gasteiger partial charge in [0.2, 0.25) is 5.95 Å². The summed E-state index contributed by atoms with van der Waals surface area (Å²) in [6, 6.07) is 4.43. The van der Waals surface area contributed by atoms with Gasteiger partial charge in [0.15, 0.2) is 0 Å². The molecule has 3 aromatic heterocycles. The lowest BCUT2D eigenvalue weighted by molar-refractivity contribution is 0.122. The second kappa shape index (κ2) is 7.34. The molecule has 28 heavy (non-hydrogen) atoms. The monoisotopic (exact) mass is 392 g/mol. The molecular weight excluding hydrogens is 372 g/mol. The van der Waals surface area contributed by atoms with Crippen molar-refractivity contribution >= 4 is 38.9 Å². The second-order valence-corrected chi connectivity index (χ2v) is 8.20. The Hall–Kier alpha value is -2.76. The molecule has 0 radical (unpaired) electrons. The average Bonchev–Trinajstić information content (AvgIpc) is 3.06. The Morgan fingerprint density at radius 2 is 1.93 bits per heavy atom. The third kappa shape index (κ3) is 3.17. The fourth-order valence-corrected chi connectivity index (χ4v) is 4.77. The lowest BCUT2D eigenvalue weighted by Gasteiger charge is -2.26. The number of anilines is 3. The molecule has 1 N–H and O–H groups in total. The summed E-state index contributed by atoms with van der Waals surface area (Å²) >= 11 is 1.54. The second-order valence-electron chi connectivity index (χ2n) is 7.15. The van der Waals surface area contributed by atoms with Crippen molar-refractivity contribution in [3.63, 3.8) is 0 Å². The van der Waals surface area contributed by atoms with Crippen molar-refractivity contribution in [2.75, 3.05) is 36.5 Å². The van der Waals surface area contributed by atoms with Crippen LogP contribution in [-0.4, -0.2) is 41.3 Å². The van der Waals surface area contributed by atoms with Crippen LogP contribution in [0.4, 0.5) is 17.5 Å². The molecule has 4 heterocycles. The molecule has 1 saturated carbocycles. The summed E-state index contributed by atoms with van der Waals surface area (Å²) in [5, 5.41) is 14.0. The van der Waals surface area contributed by atoms with Crippen LogP contribution in [0.25, 0.3) is 10.1 Å². The fourth-order valence-electron chi connectivity index (χ4n) is 3.74. The van der Waals surface area contributed by atoms with Gasteiger partial charge in [0, 0.05) is 24.7 Å². The van der Waals surface area contributed by atoms with Gasteiger partial charge in [0.1, 0.15) is 16.8 Å². The number of nitrogens with zero attached hydrogens (tertiary/aromatic N) is 5. The summed E-state index contributed by atoms with van der Waals surface area (Å²) in [6.07, 6.45) is 9.00. The molecule has 3 aromatic rings. The lowest BCUT2D eigenvalue weighted by Crippen LogP contribution is -2.37. The first-order chi connectivity index (χ1) is 13.8. The maximum atomic E-state index is 9.52. The van der Waals surface area contributed by atoms with E-state index in [9.17, 15) is 5.26 Å². The molecule has 0 bridgehead atoms. The summed E-state index contributed by atoms with van der Waals surface area (Å²) in [5.41, 5.74) is 2.00. The highest BCUT2D eigenvalue weighted by Crippen LogP contribution is 2.45. The van der Waals surface area contributed by atoms with Crippen LogP contribution in [0, 0.1) is 11.3 Å². The smallest absolute Gasteiger partial charge is 0.225 e. The molecule has 8 heteroatoms. The molecule has 2 fully saturated rings. The van der Waals surface area contributed by atoms with Crippen LogP contribution in [0.3, 0.4) is 0 Å². The van der Waals surface area contributed by atoms with Gasteiger partial charge in [-0.3, -0.25) is 0 Å². The molecule has 7 nitrogen and oxygen atoms in total. The minimum atomic E-state index is 0.509. The van der Waals surface area contributed by atoms with E-state index >= 15 is 0 Å². The van der Waals surface area contributed by atoms with Crippen LogP contribution >= 0.6 is 11.3 Å². The van der Waals surface area contributed by atoms with E-state index in [1.807, 2.05) is 6.20 Å². The van der Waals surface area contributed by atoms with E-state index in [0.717, 1.165) is 45.5 Å². The van der Waals surface area contributed by atoms with Crippen molar-refractivity contribution in [1.82, 2.24) is 15.0 Å². The number of nitrogens with one attached hydrogen (secondary N) is 1. The first-order valence-electron chi connectivity index (χ1n) is 9.56. The number of ether oxygens (including phenoxy) is 1. The number of hydrogen-bond donors (Lipinski definition) is 1. The predicted molar refractivity (Wildman–Crippen MR) is 109 cm³/mol. The SMILES string of the molecule is N#Cc1sc2cnc(Nc3cnc(N4CCOCC4)nc3)cc2c1C1CCC1. The van der Waals surface area contributed by atoms with Gasteiger partial charge < -0.3 is 15.0 Å². The van der Waals surface area contributed by atoms with Gasteiger partial charge in [-0.25, -0.2) is 15.0 Å². The Morgan fingerprint density at radius 3 is 2.61 bits per heavy atom. The molecule has 1 aliphatic heterocycles. The average molecular weight is 392 g/mol. The fraction of sp³-hybridized carbons (Fsp3) is 0.400. The number of rotatable bonds is 4. The summed E-state index contributed by atoms with van der Waals surface area (Å²) in [6.45, 7) is 3.05. The molecule has 0 aromatic carbocycles. The minimum Gasteiger partial charge on any atom is -0.378 e. The van der Waals surface area contributed by atoms with Gasteiger partial charge in [-0.1, -0.05) is 6.42 Å². The summed E-state index contributed by atoms with van der Waals surface area (Å²) in [7, 11) is 0. The number of nitriles is 1. The molecule has 1 aliphatic carbocycles. The van der Waals surface area contributed by atoms with Gasteiger partial charge in [-0.05, 0) is 30.4 Å². The van der Waals surface area contributed by atoms with Gasteiger partial charge in [-0.15, -0.1) is 11.3 Å². The van der Waals surface area contributed by atoms with Crippen LogP contribution in [0.2, 0.25) is 0 Å². The molecule has 0 atom stereocenters. The zero-order valence-corrected chi connectivity index (χ0v) is 16.2. The van der Waals surface area contributed by atoms with E-state index in [1.54, 1.807) is 23.7 Å². The van der Waals surface area contributed by atoms with Crippen LogP contribution in [0.1, 0.15) is 35.6 Å². The third-order valence-corrected chi connectivity index (χ3v) is 6.49. The highest BCUT2D eigenvalue weighted by molar-refractivity contribution is 7.19. The molecule has 142 valence electrons. The number of aromatic nitrogens is 3. The van der Waals surface area contributed by atoms with E-state index in [-0.39, 0.29) is 0 Å². The van der Waals surface area contributed by atoms with Crippen LogP contribution in [-0.2, 0) is 4.74 Å². The number of thiophene rings is 1. The van der Waals surface area contributed by atoms with Crippen molar-refractivity contribution in [2.45, 2.75) is 25.2 Å². The Balaban J connectivity index is 1.39. The van der Waals surface area contributed by atoms with Crippen LogP contribution in [0.5, 0.6) is 0 Å². The molecule has 0 spiro atoms. The standard InChI is InChI=1S/C20H20N6OS/c21-9-16-19(13-2-1-3-13)15-8-18(22-12-17(15)28-16)25-14-10-23-20(24-11-14)26-4-6-27-7-5-26/h8,10-13H,1-7H2,(H,22,25). The molecule has 2 aliphatic rings. The first-order valence-corrected chi connectivity index (χ1v) is 10.4. The van der Waals surface area contributed by atoms with Crippen LogP contribution < -0.4 is 10.2 Å². The van der Waals surface area contributed by atoms with Gasteiger partial charge in [0.25, 0.3) is 0 Å². The Bertz CT molecular complexity index is 1030. The first kappa shape index (κ1) is 17.3. The highest BCUT2D eigenvalue weighted by atomic mass is 32.1. The maximum Gasteiger partial charge on any atom is 0.225 e. The number of pyridine rings is 1. The van der Waals surface area contributed by atoms with Gasteiger partial charge in [-0.2, -0.15) is 5.26 Å². The molecule has 1 saturated heterocycles. The van der Waals surface area contributed by atoms with Crippen molar-refractivity contribution in [1.29, 1.82) is 5.26 Å². The van der Waals surface area contributed by atoms with Crippen molar-refractivity contribution in [3.8, 4) is 6.07 Å². The topological polar surface area (TPSA) is 87.0 Å². The largest absolute Gasteiger partial charge is 0.378 e. The Kier molecular flexibility index (Phi) is 4.55. The lowest BCUT2D eigenvalue weighted by atomic mass is 9.79. The summed E-state index contributed by atoms with van der Waals surface area (Å²) in [5.74, 6) is 1.98. The predicted octanol–water partition coefficient (Wildman–Crippen LogP) is 3.81. The molecule has 5 rings (SSSR count). The normalized spacial score (nSPS) is 17.3. The van der Waals surface area contributed by atoms with Crippen molar-refractivity contribution in [3.05, 3.63) is 35.1 Å². The quantitative estimate of drug-likeness (QED) is 0.722. The van der Waals surface area contributed by atoms with E-state index in [0.29, 0.717) is 19.1 Å². The Labute approximate surface area is 167 Å². The van der Waals surface area contributed by atoms with Crippen molar-refractivity contribution < 1.29 is 4.74 Å². The van der Waals surface area contributed by atoms with E-state index in [2.05, 4.69) is 37.3 Å². The van der Waals surface area contributed by atoms with Crippen molar-refractivity contribution in [2.24, 2.45) is 0 Å². The summed E-state index contributed by atoms with van der Waals surface area (Å²) in [4.78, 5) is 16.4. The van der Waals surface area contributed by atoms with Gasteiger partial charge in [0.05, 0.1) is 36.0 Å². The zero-order valence-electron chi connectivity index (χ0n) is 15.4. The van der Waals surface area contributed by atoms with E-state index in [4.69, 9.17) is 4.74 Å². The highest BCUT2D eigenvalue weighted by Gasteiger charge is 2.26. The van der Waals surface area contributed by atoms with E-state index in [1.165, 1.54) is 24.8 Å². The van der Waals surface area contributed by atoms with Gasteiger partial charge >= 0.3 is 0 Å². The van der Waals surface area contributed by atoms with E-state index < -0.39 is 0 Å². The third-order valence-electron chi connectivity index (χ3n) is 5.43. The Morgan fingerprint density at radius 1 is 1.14 bits per heavy atom.